The molecule has 1 heterocycles. The molecule has 1 aliphatic rings. The minimum Gasteiger partial charge on any atom is -0.490 e. The SMILES string of the molecule is C=C1O[C@H](CCC)[C@@H](O)[C@@H](O)C=CCC[C@@H]1O. The number of rotatable bonds is 2. The molecule has 0 unspecified atom stereocenters. The van der Waals surface area contributed by atoms with Gasteiger partial charge in [-0.2, -0.15) is 0 Å². The highest BCUT2D eigenvalue weighted by Gasteiger charge is 2.28. The number of hydrogen-bond donors (Lipinski definition) is 3. The van der Waals surface area contributed by atoms with E-state index >= 15 is 0 Å². The minimum atomic E-state index is -0.992. The molecular weight excluding hydrogens is 220 g/mol. The van der Waals surface area contributed by atoms with Gasteiger partial charge in [0.1, 0.15) is 30.2 Å². The van der Waals surface area contributed by atoms with E-state index in [0.29, 0.717) is 19.3 Å². The second-order valence-electron chi connectivity index (χ2n) is 4.41. The first kappa shape index (κ1) is 14.2. The highest BCUT2D eigenvalue weighted by Crippen LogP contribution is 2.20. The Labute approximate surface area is 102 Å². The average Bonchev–Trinajstić information content (AvgIpc) is 2.31. The molecule has 0 aromatic heterocycles. The van der Waals surface area contributed by atoms with E-state index in [-0.39, 0.29) is 5.76 Å². The first-order chi connectivity index (χ1) is 8.06. The summed E-state index contributed by atoms with van der Waals surface area (Å²) in [6.45, 7) is 5.64. The molecule has 0 bridgehead atoms. The lowest BCUT2D eigenvalue weighted by Crippen LogP contribution is -2.39. The van der Waals surface area contributed by atoms with Crippen LogP contribution >= 0.6 is 0 Å². The van der Waals surface area contributed by atoms with Gasteiger partial charge >= 0.3 is 0 Å². The largest absolute Gasteiger partial charge is 0.490 e. The second-order valence-corrected chi connectivity index (χ2v) is 4.41. The number of hydrogen-bond acceptors (Lipinski definition) is 4. The van der Waals surface area contributed by atoms with Gasteiger partial charge in [0.25, 0.3) is 0 Å². The maximum absolute atomic E-state index is 9.95. The quantitative estimate of drug-likeness (QED) is 0.635. The van der Waals surface area contributed by atoms with Crippen LogP contribution in [0.15, 0.2) is 24.5 Å². The molecule has 1 aliphatic heterocycles. The molecule has 1 rings (SSSR count). The average molecular weight is 242 g/mol. The van der Waals surface area contributed by atoms with Gasteiger partial charge in [-0.05, 0) is 19.3 Å². The van der Waals surface area contributed by atoms with Crippen molar-refractivity contribution in [1.29, 1.82) is 0 Å². The fourth-order valence-electron chi connectivity index (χ4n) is 1.84. The van der Waals surface area contributed by atoms with Crippen LogP contribution in [0.5, 0.6) is 0 Å². The van der Waals surface area contributed by atoms with Crippen LogP contribution in [0.4, 0.5) is 0 Å². The molecule has 0 radical (unpaired) electrons. The number of ether oxygens (including phenoxy) is 1. The molecule has 0 aromatic carbocycles. The maximum atomic E-state index is 9.95. The van der Waals surface area contributed by atoms with Crippen molar-refractivity contribution >= 4 is 0 Å². The summed E-state index contributed by atoms with van der Waals surface area (Å²) < 4.78 is 5.47. The molecule has 4 nitrogen and oxygen atoms in total. The molecule has 0 aliphatic carbocycles. The molecule has 0 spiro atoms. The van der Waals surface area contributed by atoms with Gasteiger partial charge in [-0.25, -0.2) is 0 Å². The Balaban J connectivity index is 2.80. The van der Waals surface area contributed by atoms with Crippen molar-refractivity contribution in [3.8, 4) is 0 Å². The van der Waals surface area contributed by atoms with Crippen LogP contribution in [0.25, 0.3) is 0 Å². The summed E-state index contributed by atoms with van der Waals surface area (Å²) in [4.78, 5) is 0. The van der Waals surface area contributed by atoms with E-state index in [4.69, 9.17) is 4.74 Å². The van der Waals surface area contributed by atoms with Gasteiger partial charge in [-0.1, -0.05) is 32.1 Å². The van der Waals surface area contributed by atoms with Crippen molar-refractivity contribution in [2.45, 2.75) is 57.0 Å². The third-order valence-electron chi connectivity index (χ3n) is 2.92. The number of allylic oxidation sites excluding steroid dienone is 1. The summed E-state index contributed by atoms with van der Waals surface area (Å²) in [6, 6.07) is 0. The molecule has 0 saturated carbocycles. The Morgan fingerprint density at radius 1 is 1.41 bits per heavy atom. The van der Waals surface area contributed by atoms with Crippen LogP contribution in [0.1, 0.15) is 32.6 Å². The van der Waals surface area contributed by atoms with E-state index in [0.717, 1.165) is 6.42 Å². The molecule has 98 valence electrons. The predicted octanol–water partition coefficient (Wildman–Crippen LogP) is 1.12. The Morgan fingerprint density at radius 3 is 2.76 bits per heavy atom. The Kier molecular flexibility index (Phi) is 5.68. The highest BCUT2D eigenvalue weighted by atomic mass is 16.5. The van der Waals surface area contributed by atoms with E-state index < -0.39 is 24.4 Å². The molecule has 4 atom stereocenters. The predicted molar refractivity (Wildman–Crippen MR) is 65.3 cm³/mol. The van der Waals surface area contributed by atoms with Gasteiger partial charge in [-0.3, -0.25) is 0 Å². The Hall–Kier alpha value is -0.840. The van der Waals surface area contributed by atoms with Crippen LogP contribution in [-0.4, -0.2) is 39.7 Å². The van der Waals surface area contributed by atoms with Gasteiger partial charge in [0.2, 0.25) is 0 Å². The lowest BCUT2D eigenvalue weighted by Gasteiger charge is -2.29. The van der Waals surface area contributed by atoms with E-state index in [1.54, 1.807) is 12.2 Å². The molecule has 3 N–H and O–H groups in total. The van der Waals surface area contributed by atoms with Crippen LogP contribution < -0.4 is 0 Å². The maximum Gasteiger partial charge on any atom is 0.127 e. The van der Waals surface area contributed by atoms with Gasteiger partial charge in [-0.15, -0.1) is 0 Å². The van der Waals surface area contributed by atoms with Gasteiger partial charge in [0.15, 0.2) is 0 Å². The summed E-state index contributed by atoms with van der Waals surface area (Å²) in [7, 11) is 0. The van der Waals surface area contributed by atoms with Crippen molar-refractivity contribution in [1.82, 2.24) is 0 Å². The molecular formula is C13H22O4. The molecule has 0 fully saturated rings. The highest BCUT2D eigenvalue weighted by molar-refractivity contribution is 5.01. The fraction of sp³-hybridized carbons (Fsp3) is 0.692. The van der Waals surface area contributed by atoms with E-state index in [9.17, 15) is 15.3 Å². The van der Waals surface area contributed by atoms with E-state index in [1.807, 2.05) is 6.92 Å². The normalized spacial score (nSPS) is 35.4. The zero-order chi connectivity index (χ0) is 12.8. The van der Waals surface area contributed by atoms with Crippen LogP contribution in [0, 0.1) is 0 Å². The van der Waals surface area contributed by atoms with E-state index in [1.165, 1.54) is 0 Å². The van der Waals surface area contributed by atoms with Crippen LogP contribution in [0.2, 0.25) is 0 Å². The number of aliphatic hydroxyl groups is 3. The molecule has 17 heavy (non-hydrogen) atoms. The van der Waals surface area contributed by atoms with Crippen molar-refractivity contribution in [2.75, 3.05) is 0 Å². The third kappa shape index (κ3) is 4.15. The molecule has 4 heteroatoms. The topological polar surface area (TPSA) is 69.9 Å². The van der Waals surface area contributed by atoms with Crippen molar-refractivity contribution < 1.29 is 20.1 Å². The Bertz CT molecular complexity index is 275. The summed E-state index contributed by atoms with van der Waals surface area (Å²) >= 11 is 0. The summed E-state index contributed by atoms with van der Waals surface area (Å²) in [5, 5.41) is 29.4. The smallest absolute Gasteiger partial charge is 0.127 e. The zero-order valence-corrected chi connectivity index (χ0v) is 10.2. The number of aliphatic hydroxyl groups excluding tert-OH is 3. The van der Waals surface area contributed by atoms with Gasteiger partial charge in [0.05, 0.1) is 0 Å². The van der Waals surface area contributed by atoms with E-state index in [2.05, 4.69) is 6.58 Å². The lowest BCUT2D eigenvalue weighted by molar-refractivity contribution is -0.0706. The van der Waals surface area contributed by atoms with Gasteiger partial charge < -0.3 is 20.1 Å². The van der Waals surface area contributed by atoms with Crippen molar-refractivity contribution in [3.05, 3.63) is 24.5 Å². The molecule has 0 saturated heterocycles. The summed E-state index contributed by atoms with van der Waals surface area (Å²) in [6.07, 6.45) is 2.70. The minimum absolute atomic E-state index is 0.269. The van der Waals surface area contributed by atoms with Crippen molar-refractivity contribution in [2.24, 2.45) is 0 Å². The third-order valence-corrected chi connectivity index (χ3v) is 2.92. The fourth-order valence-corrected chi connectivity index (χ4v) is 1.84. The van der Waals surface area contributed by atoms with Crippen LogP contribution in [0.3, 0.4) is 0 Å². The lowest BCUT2D eigenvalue weighted by atomic mass is 10.0. The first-order valence-electron chi connectivity index (χ1n) is 6.12. The van der Waals surface area contributed by atoms with Crippen molar-refractivity contribution in [3.63, 3.8) is 0 Å². The molecule has 0 aromatic rings. The second kappa shape index (κ2) is 6.79. The van der Waals surface area contributed by atoms with Gasteiger partial charge in [0, 0.05) is 0 Å². The summed E-state index contributed by atoms with van der Waals surface area (Å²) in [5.41, 5.74) is 0. The molecule has 0 amide bonds. The standard InChI is InChI=1S/C13H22O4/c1-3-6-12-13(16)11(15)8-5-4-7-10(14)9(2)17-12/h5,8,10-16H,2-4,6-7H2,1H3/t10-,11-,12+,13-/m0/s1. The monoisotopic (exact) mass is 242 g/mol. The summed E-state index contributed by atoms with van der Waals surface area (Å²) in [5.74, 6) is 0.269. The Morgan fingerprint density at radius 2 is 2.12 bits per heavy atom. The van der Waals surface area contributed by atoms with Crippen LogP contribution in [-0.2, 0) is 4.74 Å². The zero-order valence-electron chi connectivity index (χ0n) is 10.2. The first-order valence-corrected chi connectivity index (χ1v) is 6.12.